The zero-order chi connectivity index (χ0) is 11.0. The number of nitrogens with one attached hydrogen (secondary N) is 1. The quantitative estimate of drug-likeness (QED) is 0.760. The molecule has 0 aliphatic carbocycles. The second kappa shape index (κ2) is 4.06. The lowest BCUT2D eigenvalue weighted by molar-refractivity contribution is 1.06. The van der Waals surface area contributed by atoms with Crippen molar-refractivity contribution in [1.82, 2.24) is 4.98 Å². The maximum absolute atomic E-state index is 5.50. The molecule has 1 nitrogen and oxygen atoms in total. The fourth-order valence-electron chi connectivity index (χ4n) is 1.85. The van der Waals surface area contributed by atoms with Crippen molar-refractivity contribution >= 4 is 39.1 Å². The Morgan fingerprint density at radius 2 is 2.13 bits per heavy atom. The molecule has 0 unspecified atom stereocenters. The number of benzene rings is 1. The van der Waals surface area contributed by atoms with Crippen LogP contribution in [0, 0.1) is 11.4 Å². The maximum atomic E-state index is 5.50. The molecule has 0 amide bonds. The summed E-state index contributed by atoms with van der Waals surface area (Å²) in [6.45, 7) is 4.21. The Kier molecular flexibility index (Phi) is 2.94. The summed E-state index contributed by atoms with van der Waals surface area (Å²) in [6, 6.07) is 6.16. The third-order valence-electron chi connectivity index (χ3n) is 2.63. The van der Waals surface area contributed by atoms with Crippen molar-refractivity contribution < 1.29 is 0 Å². The van der Waals surface area contributed by atoms with Crippen molar-refractivity contribution in [3.05, 3.63) is 38.4 Å². The van der Waals surface area contributed by atoms with Gasteiger partial charge in [-0.3, -0.25) is 0 Å². The number of hydrogen-bond acceptors (Lipinski definition) is 1. The molecule has 0 saturated heterocycles. The van der Waals surface area contributed by atoms with E-state index in [0.717, 1.165) is 26.3 Å². The number of rotatable bonds is 1. The Balaban J connectivity index is 2.92. The molecule has 0 saturated carbocycles. The summed E-state index contributed by atoms with van der Waals surface area (Å²) in [7, 11) is 0. The van der Waals surface area contributed by atoms with Gasteiger partial charge in [-0.15, -0.1) is 0 Å². The van der Waals surface area contributed by atoms with Gasteiger partial charge in [-0.05, 0) is 37.1 Å². The topological polar surface area (TPSA) is 15.8 Å². The van der Waals surface area contributed by atoms with Crippen LogP contribution in [0.5, 0.6) is 0 Å². The van der Waals surface area contributed by atoms with E-state index in [9.17, 15) is 0 Å². The number of fused-ring (bicyclic) bond motifs is 1. The van der Waals surface area contributed by atoms with Gasteiger partial charge in [0.2, 0.25) is 0 Å². The fraction of sp³-hybridized carbons (Fsp3) is 0.250. The molecule has 0 bridgehead atoms. The highest BCUT2D eigenvalue weighted by molar-refractivity contribution is 9.10. The fourth-order valence-corrected chi connectivity index (χ4v) is 2.68. The van der Waals surface area contributed by atoms with Crippen molar-refractivity contribution in [2.75, 3.05) is 0 Å². The first-order chi connectivity index (χ1) is 7.13. The molecular formula is C12H12BrNS. The zero-order valence-electron chi connectivity index (χ0n) is 8.73. The SMILES string of the molecule is CCc1c(C)[nH]c2ccc(Br)cc2c1=S. The molecule has 1 aromatic carbocycles. The molecule has 78 valence electrons. The minimum Gasteiger partial charge on any atom is -0.358 e. The molecule has 0 aliphatic rings. The highest BCUT2D eigenvalue weighted by atomic mass is 79.9. The molecule has 3 heteroatoms. The standard InChI is InChI=1S/C12H12BrNS/c1-3-9-7(2)14-11-5-4-8(13)6-10(11)12(9)15/h4-6H,3H2,1-2H3,(H,14,15). The van der Waals surface area contributed by atoms with Gasteiger partial charge in [0.25, 0.3) is 0 Å². The summed E-state index contributed by atoms with van der Waals surface area (Å²) in [4.78, 5) is 3.39. The molecule has 2 rings (SSSR count). The van der Waals surface area contributed by atoms with Crippen LogP contribution < -0.4 is 0 Å². The molecule has 0 fully saturated rings. The molecule has 1 aromatic heterocycles. The van der Waals surface area contributed by atoms with E-state index in [2.05, 4.69) is 46.9 Å². The van der Waals surface area contributed by atoms with Gasteiger partial charge in [-0.2, -0.15) is 0 Å². The van der Waals surface area contributed by atoms with Gasteiger partial charge >= 0.3 is 0 Å². The summed E-state index contributed by atoms with van der Waals surface area (Å²) in [5.74, 6) is 0. The van der Waals surface area contributed by atoms with E-state index in [1.165, 1.54) is 11.3 Å². The summed E-state index contributed by atoms with van der Waals surface area (Å²) < 4.78 is 2.05. The summed E-state index contributed by atoms with van der Waals surface area (Å²) in [5.41, 5.74) is 3.53. The van der Waals surface area contributed by atoms with Gasteiger partial charge in [-0.25, -0.2) is 0 Å². The third kappa shape index (κ3) is 1.86. The normalized spacial score (nSPS) is 10.9. The van der Waals surface area contributed by atoms with Crippen LogP contribution in [0.15, 0.2) is 22.7 Å². The highest BCUT2D eigenvalue weighted by Gasteiger charge is 2.04. The van der Waals surface area contributed by atoms with Gasteiger partial charge in [0.05, 0.1) is 4.51 Å². The lowest BCUT2D eigenvalue weighted by Gasteiger charge is -2.07. The number of halogens is 1. The zero-order valence-corrected chi connectivity index (χ0v) is 11.1. The molecule has 1 heterocycles. The number of aryl methyl sites for hydroxylation is 1. The van der Waals surface area contributed by atoms with E-state index in [1.807, 2.05) is 6.07 Å². The summed E-state index contributed by atoms with van der Waals surface area (Å²) in [5, 5.41) is 1.13. The molecule has 0 radical (unpaired) electrons. The highest BCUT2D eigenvalue weighted by Crippen LogP contribution is 2.23. The lowest BCUT2D eigenvalue weighted by Crippen LogP contribution is -1.94. The summed E-state index contributed by atoms with van der Waals surface area (Å²) in [6.07, 6.45) is 0.976. The number of aromatic amines is 1. The van der Waals surface area contributed by atoms with E-state index >= 15 is 0 Å². The van der Waals surface area contributed by atoms with Crippen LogP contribution in [0.25, 0.3) is 10.9 Å². The van der Waals surface area contributed by atoms with Crippen molar-refractivity contribution in [3.8, 4) is 0 Å². The molecule has 15 heavy (non-hydrogen) atoms. The molecule has 0 spiro atoms. The molecule has 2 aromatic rings. The smallest absolute Gasteiger partial charge is 0.0519 e. The predicted octanol–water partition coefficient (Wildman–Crippen LogP) is 4.53. The lowest BCUT2D eigenvalue weighted by atomic mass is 10.1. The van der Waals surface area contributed by atoms with Gasteiger partial charge in [0.15, 0.2) is 0 Å². The average Bonchev–Trinajstić information content (AvgIpc) is 2.20. The van der Waals surface area contributed by atoms with Gasteiger partial charge in [-0.1, -0.05) is 35.1 Å². The number of hydrogen-bond donors (Lipinski definition) is 1. The van der Waals surface area contributed by atoms with Crippen LogP contribution in [-0.4, -0.2) is 4.98 Å². The second-order valence-corrected chi connectivity index (χ2v) is 4.93. The first-order valence-electron chi connectivity index (χ1n) is 4.94. The van der Waals surface area contributed by atoms with Crippen LogP contribution in [0.1, 0.15) is 18.2 Å². The largest absolute Gasteiger partial charge is 0.358 e. The average molecular weight is 282 g/mol. The van der Waals surface area contributed by atoms with Crippen LogP contribution in [0.2, 0.25) is 0 Å². The van der Waals surface area contributed by atoms with Crippen molar-refractivity contribution in [3.63, 3.8) is 0 Å². The number of aromatic nitrogens is 1. The van der Waals surface area contributed by atoms with E-state index in [4.69, 9.17) is 12.2 Å². The van der Waals surface area contributed by atoms with E-state index in [-0.39, 0.29) is 0 Å². The Bertz CT molecular complexity index is 572. The summed E-state index contributed by atoms with van der Waals surface area (Å²) >= 11 is 8.97. The predicted molar refractivity (Wildman–Crippen MR) is 70.9 cm³/mol. The molecule has 0 atom stereocenters. The van der Waals surface area contributed by atoms with Crippen molar-refractivity contribution in [1.29, 1.82) is 0 Å². The van der Waals surface area contributed by atoms with E-state index < -0.39 is 0 Å². The first-order valence-corrected chi connectivity index (χ1v) is 6.14. The van der Waals surface area contributed by atoms with Crippen LogP contribution in [0.3, 0.4) is 0 Å². The molecule has 1 N–H and O–H groups in total. The number of H-pyrrole nitrogens is 1. The minimum atomic E-state index is 0.976. The van der Waals surface area contributed by atoms with E-state index in [0.29, 0.717) is 0 Å². The second-order valence-electron chi connectivity index (χ2n) is 3.60. The Morgan fingerprint density at radius 1 is 1.40 bits per heavy atom. The monoisotopic (exact) mass is 281 g/mol. The maximum Gasteiger partial charge on any atom is 0.0519 e. The van der Waals surface area contributed by atoms with Crippen LogP contribution in [-0.2, 0) is 6.42 Å². The Labute approximate surface area is 103 Å². The van der Waals surface area contributed by atoms with Crippen LogP contribution in [0.4, 0.5) is 0 Å². The Morgan fingerprint density at radius 3 is 2.80 bits per heavy atom. The van der Waals surface area contributed by atoms with Crippen LogP contribution >= 0.6 is 28.1 Å². The molecular weight excluding hydrogens is 270 g/mol. The Hall–Kier alpha value is -0.670. The molecule has 0 aliphatic heterocycles. The van der Waals surface area contributed by atoms with Gasteiger partial charge in [0, 0.05) is 21.1 Å². The third-order valence-corrected chi connectivity index (χ3v) is 3.59. The minimum absolute atomic E-state index is 0.976. The van der Waals surface area contributed by atoms with E-state index in [1.54, 1.807) is 0 Å². The van der Waals surface area contributed by atoms with Gasteiger partial charge in [0.1, 0.15) is 0 Å². The van der Waals surface area contributed by atoms with Crippen molar-refractivity contribution in [2.45, 2.75) is 20.3 Å². The number of pyridine rings is 1. The van der Waals surface area contributed by atoms with Crippen molar-refractivity contribution in [2.24, 2.45) is 0 Å². The first kappa shape index (κ1) is 10.8. The van der Waals surface area contributed by atoms with Gasteiger partial charge < -0.3 is 4.98 Å².